The Kier molecular flexibility index (Phi) is 6.32. The number of rotatable bonds is 6. The first-order valence-corrected chi connectivity index (χ1v) is 7.09. The molecule has 0 spiro atoms. The first kappa shape index (κ1) is 19.8. The number of ether oxygens (including phenoxy) is 1. The lowest BCUT2D eigenvalue weighted by Crippen LogP contribution is -2.53. The summed E-state index contributed by atoms with van der Waals surface area (Å²) in [5.74, 6) is -3.07. The predicted molar refractivity (Wildman–Crippen MR) is 77.5 cm³/mol. The van der Waals surface area contributed by atoms with Crippen molar-refractivity contribution in [2.45, 2.75) is 72.5 Å². The van der Waals surface area contributed by atoms with Gasteiger partial charge >= 0.3 is 6.09 Å². The maximum atomic E-state index is 13.4. The van der Waals surface area contributed by atoms with Crippen molar-refractivity contribution in [3.8, 4) is 0 Å². The van der Waals surface area contributed by atoms with Crippen molar-refractivity contribution in [3.63, 3.8) is 0 Å². The van der Waals surface area contributed by atoms with Crippen LogP contribution < -0.4 is 0 Å². The maximum absolute atomic E-state index is 13.4. The van der Waals surface area contributed by atoms with Gasteiger partial charge in [0.05, 0.1) is 6.54 Å². The first-order chi connectivity index (χ1) is 9.25. The standard InChI is InChI=1S/C15H27F2NO3/c1-8-14(6,10-19)11(2)18(9-15(7,16)17)12(20)21-13(3,4)5/h10-11H,8-9H2,1-7H3. The van der Waals surface area contributed by atoms with Gasteiger partial charge in [-0.1, -0.05) is 13.8 Å². The average molecular weight is 307 g/mol. The van der Waals surface area contributed by atoms with Crippen LogP contribution in [0.3, 0.4) is 0 Å². The van der Waals surface area contributed by atoms with Gasteiger partial charge in [0.25, 0.3) is 5.92 Å². The fraction of sp³-hybridized carbons (Fsp3) is 0.867. The Bertz CT molecular complexity index is 374. The van der Waals surface area contributed by atoms with Gasteiger partial charge in [0, 0.05) is 18.4 Å². The van der Waals surface area contributed by atoms with Crippen molar-refractivity contribution in [2.24, 2.45) is 5.41 Å². The number of alkyl halides is 2. The Labute approximate surface area is 125 Å². The molecule has 2 atom stereocenters. The summed E-state index contributed by atoms with van der Waals surface area (Å²) in [6.45, 7) is 9.96. The summed E-state index contributed by atoms with van der Waals surface area (Å²) in [4.78, 5) is 24.5. The molecule has 0 N–H and O–H groups in total. The number of amides is 1. The third-order valence-corrected chi connectivity index (χ3v) is 3.53. The summed E-state index contributed by atoms with van der Waals surface area (Å²) in [6.07, 6.45) is 0.313. The highest BCUT2D eigenvalue weighted by molar-refractivity contribution is 5.70. The molecule has 0 aromatic rings. The van der Waals surface area contributed by atoms with Crippen molar-refractivity contribution in [3.05, 3.63) is 0 Å². The molecule has 0 saturated heterocycles. The van der Waals surface area contributed by atoms with E-state index in [0.717, 1.165) is 11.8 Å². The van der Waals surface area contributed by atoms with Crippen LogP contribution in [-0.4, -0.2) is 41.4 Å². The molecule has 1 amide bonds. The molecular formula is C15H27F2NO3. The summed E-state index contributed by atoms with van der Waals surface area (Å²) in [5, 5.41) is 0. The largest absolute Gasteiger partial charge is 0.444 e. The Balaban J connectivity index is 5.42. The SMILES string of the molecule is CCC(C)(C=O)C(C)N(CC(C)(F)F)C(=O)OC(C)(C)C. The second-order valence-electron chi connectivity index (χ2n) is 6.83. The summed E-state index contributed by atoms with van der Waals surface area (Å²) >= 11 is 0. The lowest BCUT2D eigenvalue weighted by molar-refractivity contribution is -0.120. The second-order valence-corrected chi connectivity index (χ2v) is 6.83. The van der Waals surface area contributed by atoms with E-state index in [-0.39, 0.29) is 0 Å². The molecule has 0 aliphatic rings. The zero-order chi connectivity index (χ0) is 17.1. The number of nitrogens with zero attached hydrogens (tertiary/aromatic N) is 1. The monoisotopic (exact) mass is 307 g/mol. The third kappa shape index (κ3) is 6.40. The average Bonchev–Trinajstić information content (AvgIpc) is 2.30. The van der Waals surface area contributed by atoms with E-state index in [0.29, 0.717) is 12.7 Å². The van der Waals surface area contributed by atoms with Crippen LogP contribution in [0.15, 0.2) is 0 Å². The molecule has 124 valence electrons. The van der Waals surface area contributed by atoms with Gasteiger partial charge in [-0.3, -0.25) is 4.90 Å². The molecule has 0 fully saturated rings. The van der Waals surface area contributed by atoms with Crippen molar-refractivity contribution in [2.75, 3.05) is 6.54 Å². The molecule has 4 nitrogen and oxygen atoms in total. The van der Waals surface area contributed by atoms with Crippen LogP contribution in [-0.2, 0) is 9.53 Å². The van der Waals surface area contributed by atoms with Crippen LogP contribution in [0.4, 0.5) is 13.6 Å². The Morgan fingerprint density at radius 1 is 1.24 bits per heavy atom. The zero-order valence-corrected chi connectivity index (χ0v) is 14.0. The molecule has 0 rings (SSSR count). The minimum atomic E-state index is -3.07. The van der Waals surface area contributed by atoms with Crippen LogP contribution in [0, 0.1) is 5.41 Å². The van der Waals surface area contributed by atoms with Gasteiger partial charge in [-0.25, -0.2) is 13.6 Å². The zero-order valence-electron chi connectivity index (χ0n) is 14.0. The maximum Gasteiger partial charge on any atom is 0.410 e. The van der Waals surface area contributed by atoms with Gasteiger partial charge in [-0.2, -0.15) is 0 Å². The minimum Gasteiger partial charge on any atom is -0.444 e. The van der Waals surface area contributed by atoms with Gasteiger partial charge in [0.2, 0.25) is 0 Å². The van der Waals surface area contributed by atoms with Gasteiger partial charge < -0.3 is 9.53 Å². The molecule has 0 aromatic carbocycles. The van der Waals surface area contributed by atoms with Gasteiger partial charge in [-0.15, -0.1) is 0 Å². The van der Waals surface area contributed by atoms with Gasteiger partial charge in [0.15, 0.2) is 0 Å². The molecule has 0 aliphatic heterocycles. The predicted octanol–water partition coefficient (Wildman–Crippen LogP) is 3.88. The highest BCUT2D eigenvalue weighted by Crippen LogP contribution is 2.30. The molecule has 2 unspecified atom stereocenters. The highest BCUT2D eigenvalue weighted by atomic mass is 19.3. The summed E-state index contributed by atoms with van der Waals surface area (Å²) in [5.41, 5.74) is -1.69. The lowest BCUT2D eigenvalue weighted by Gasteiger charge is -2.40. The van der Waals surface area contributed by atoms with Crippen molar-refractivity contribution >= 4 is 12.4 Å². The van der Waals surface area contributed by atoms with Crippen LogP contribution in [0.5, 0.6) is 0 Å². The molecule has 0 aliphatic carbocycles. The number of carbonyl (C=O) groups excluding carboxylic acids is 2. The first-order valence-electron chi connectivity index (χ1n) is 7.09. The molecular weight excluding hydrogens is 280 g/mol. The van der Waals surface area contributed by atoms with Crippen LogP contribution >= 0.6 is 0 Å². The van der Waals surface area contributed by atoms with E-state index in [9.17, 15) is 18.4 Å². The molecule has 0 aromatic heterocycles. The Morgan fingerprint density at radius 3 is 2.00 bits per heavy atom. The Hall–Kier alpha value is -1.20. The van der Waals surface area contributed by atoms with Crippen molar-refractivity contribution in [1.29, 1.82) is 0 Å². The number of hydrogen-bond donors (Lipinski definition) is 0. The number of halogens is 2. The van der Waals surface area contributed by atoms with E-state index >= 15 is 0 Å². The van der Waals surface area contributed by atoms with E-state index in [1.165, 1.54) is 0 Å². The molecule has 0 radical (unpaired) electrons. The quantitative estimate of drug-likeness (QED) is 0.700. The highest BCUT2D eigenvalue weighted by Gasteiger charge is 2.41. The molecule has 0 bridgehead atoms. The van der Waals surface area contributed by atoms with E-state index in [2.05, 4.69) is 0 Å². The van der Waals surface area contributed by atoms with Crippen LogP contribution in [0.1, 0.15) is 54.9 Å². The van der Waals surface area contributed by atoms with Gasteiger partial charge in [-0.05, 0) is 34.1 Å². The van der Waals surface area contributed by atoms with Crippen LogP contribution in [0.2, 0.25) is 0 Å². The topological polar surface area (TPSA) is 46.6 Å². The summed E-state index contributed by atoms with van der Waals surface area (Å²) < 4.78 is 32.0. The van der Waals surface area contributed by atoms with Crippen LogP contribution in [0.25, 0.3) is 0 Å². The normalized spacial score (nSPS) is 16.8. The van der Waals surface area contributed by atoms with E-state index < -0.39 is 35.6 Å². The fourth-order valence-electron chi connectivity index (χ4n) is 1.81. The number of hydrogen-bond acceptors (Lipinski definition) is 3. The second kappa shape index (κ2) is 6.71. The fourth-order valence-corrected chi connectivity index (χ4v) is 1.81. The molecule has 0 saturated carbocycles. The van der Waals surface area contributed by atoms with Gasteiger partial charge in [0.1, 0.15) is 11.9 Å². The molecule has 6 heteroatoms. The van der Waals surface area contributed by atoms with E-state index in [1.54, 1.807) is 41.5 Å². The smallest absolute Gasteiger partial charge is 0.410 e. The summed E-state index contributed by atoms with van der Waals surface area (Å²) in [6, 6.07) is -0.694. The lowest BCUT2D eigenvalue weighted by atomic mass is 9.81. The molecule has 21 heavy (non-hydrogen) atoms. The molecule has 0 heterocycles. The minimum absolute atomic E-state index is 0.437. The van der Waals surface area contributed by atoms with Crippen molar-refractivity contribution < 1.29 is 23.1 Å². The number of aldehydes is 1. The number of carbonyl (C=O) groups is 2. The Morgan fingerprint density at radius 2 is 1.71 bits per heavy atom. The van der Waals surface area contributed by atoms with E-state index in [1.807, 2.05) is 0 Å². The van der Waals surface area contributed by atoms with E-state index in [4.69, 9.17) is 4.74 Å². The van der Waals surface area contributed by atoms with Crippen molar-refractivity contribution in [1.82, 2.24) is 4.90 Å². The third-order valence-electron chi connectivity index (χ3n) is 3.53. The summed E-state index contributed by atoms with van der Waals surface area (Å²) in [7, 11) is 0.